The van der Waals surface area contributed by atoms with Crippen LogP contribution in [-0.2, 0) is 13.8 Å². The van der Waals surface area contributed by atoms with Gasteiger partial charge in [0.05, 0.1) is 12.7 Å². The maximum absolute atomic E-state index is 6.64. The minimum atomic E-state index is -1.76. The van der Waals surface area contributed by atoms with Gasteiger partial charge in [0.2, 0.25) is 8.32 Å². The van der Waals surface area contributed by atoms with E-state index in [1.165, 1.54) is 11.1 Å². The number of nitrogens with zero attached hydrogens (tertiary/aromatic N) is 1. The third-order valence-electron chi connectivity index (χ3n) is 4.47. The van der Waals surface area contributed by atoms with Gasteiger partial charge in [-0.3, -0.25) is 4.84 Å². The molecule has 1 aliphatic heterocycles. The van der Waals surface area contributed by atoms with Crippen molar-refractivity contribution in [2.24, 2.45) is 0 Å². The first kappa shape index (κ1) is 17.3. The van der Waals surface area contributed by atoms with E-state index in [1.54, 1.807) is 5.23 Å². The van der Waals surface area contributed by atoms with Crippen molar-refractivity contribution in [3.63, 3.8) is 0 Å². The molecule has 0 radical (unpaired) electrons. The van der Waals surface area contributed by atoms with E-state index >= 15 is 0 Å². The maximum Gasteiger partial charge on any atom is 0.215 e. The van der Waals surface area contributed by atoms with E-state index in [0.717, 1.165) is 0 Å². The number of hydrogen-bond acceptors (Lipinski definition) is 4. The van der Waals surface area contributed by atoms with Crippen molar-refractivity contribution in [2.75, 3.05) is 6.61 Å². The van der Waals surface area contributed by atoms with Crippen molar-refractivity contribution in [3.8, 4) is 0 Å². The molecule has 1 heterocycles. The minimum Gasteiger partial charge on any atom is -0.409 e. The van der Waals surface area contributed by atoms with Crippen LogP contribution in [0.2, 0.25) is 39.3 Å². The van der Waals surface area contributed by atoms with E-state index in [0.29, 0.717) is 6.61 Å². The molecule has 23 heavy (non-hydrogen) atoms. The minimum absolute atomic E-state index is 0.00535. The molecule has 1 saturated heterocycles. The highest BCUT2D eigenvalue weighted by molar-refractivity contribution is 6.70. The quantitative estimate of drug-likeness (QED) is 0.750. The fourth-order valence-electron chi connectivity index (χ4n) is 3.55. The van der Waals surface area contributed by atoms with E-state index in [4.69, 9.17) is 13.8 Å². The Kier molecular flexibility index (Phi) is 4.15. The summed E-state index contributed by atoms with van der Waals surface area (Å²) in [5.41, 5.74) is 2.35. The highest BCUT2D eigenvalue weighted by atomic mass is 28.4. The van der Waals surface area contributed by atoms with Crippen LogP contribution in [0.1, 0.15) is 30.1 Å². The molecular weight excluding hydrogens is 322 g/mol. The molecule has 1 fully saturated rings. The van der Waals surface area contributed by atoms with Crippen molar-refractivity contribution >= 4 is 16.6 Å². The molecule has 128 valence electrons. The van der Waals surface area contributed by atoms with Gasteiger partial charge in [0.25, 0.3) is 0 Å². The van der Waals surface area contributed by atoms with Gasteiger partial charge in [-0.1, -0.05) is 29.5 Å². The number of fused-ring (bicyclic) bond motifs is 3. The van der Waals surface area contributed by atoms with Crippen molar-refractivity contribution < 1.29 is 13.8 Å². The van der Waals surface area contributed by atoms with Crippen molar-refractivity contribution in [1.29, 1.82) is 0 Å². The third kappa shape index (κ3) is 3.08. The Labute approximate surface area is 141 Å². The summed E-state index contributed by atoms with van der Waals surface area (Å²) >= 11 is 0. The summed E-state index contributed by atoms with van der Waals surface area (Å²) in [6.07, 6.45) is -0.00535. The first-order valence-corrected chi connectivity index (χ1v) is 15.2. The summed E-state index contributed by atoms with van der Waals surface area (Å²) in [6, 6.07) is 8.64. The summed E-state index contributed by atoms with van der Waals surface area (Å²) in [5, 5.41) is 1.79. The molecule has 0 N–H and O–H groups in total. The molecular formula is C17H29NO3Si2. The zero-order valence-electron chi connectivity index (χ0n) is 15.3. The second kappa shape index (κ2) is 5.51. The normalized spacial score (nSPS) is 31.3. The SMILES string of the molecule is C[C@@]12[C@@H](CON1O[Si](C)(C)C)c1ccccc1[C@@H]2O[Si](C)(C)C. The van der Waals surface area contributed by atoms with Gasteiger partial charge in [-0.25, -0.2) is 0 Å². The van der Waals surface area contributed by atoms with Gasteiger partial charge in [0.15, 0.2) is 8.32 Å². The second-order valence-electron chi connectivity index (χ2n) is 8.77. The molecule has 2 aliphatic rings. The largest absolute Gasteiger partial charge is 0.409 e. The van der Waals surface area contributed by atoms with Crippen molar-refractivity contribution in [2.45, 2.75) is 63.8 Å². The smallest absolute Gasteiger partial charge is 0.215 e. The lowest BCUT2D eigenvalue weighted by Crippen LogP contribution is -2.52. The van der Waals surface area contributed by atoms with Gasteiger partial charge < -0.3 is 8.95 Å². The van der Waals surface area contributed by atoms with Gasteiger partial charge in [0.1, 0.15) is 5.54 Å². The van der Waals surface area contributed by atoms with Crippen LogP contribution in [0.4, 0.5) is 0 Å². The molecule has 0 amide bonds. The van der Waals surface area contributed by atoms with Crippen LogP contribution in [0.15, 0.2) is 24.3 Å². The highest BCUT2D eigenvalue weighted by Crippen LogP contribution is 2.57. The lowest BCUT2D eigenvalue weighted by Gasteiger charge is -2.41. The van der Waals surface area contributed by atoms with E-state index < -0.39 is 16.6 Å². The van der Waals surface area contributed by atoms with E-state index in [-0.39, 0.29) is 17.6 Å². The summed E-state index contributed by atoms with van der Waals surface area (Å²) in [7, 11) is -3.48. The first-order valence-electron chi connectivity index (χ1n) is 8.41. The fraction of sp³-hybridized carbons (Fsp3) is 0.647. The molecule has 0 saturated carbocycles. The van der Waals surface area contributed by atoms with Crippen molar-refractivity contribution in [3.05, 3.63) is 35.4 Å². The first-order chi connectivity index (χ1) is 10.5. The van der Waals surface area contributed by atoms with Gasteiger partial charge >= 0.3 is 0 Å². The Morgan fingerprint density at radius 3 is 2.22 bits per heavy atom. The Morgan fingerprint density at radius 2 is 1.65 bits per heavy atom. The average Bonchev–Trinajstić information content (AvgIpc) is 2.82. The van der Waals surface area contributed by atoms with Gasteiger partial charge in [-0.2, -0.15) is 0 Å². The highest BCUT2D eigenvalue weighted by Gasteiger charge is 2.61. The molecule has 0 spiro atoms. The van der Waals surface area contributed by atoms with Gasteiger partial charge in [0, 0.05) is 5.92 Å². The molecule has 4 nitrogen and oxygen atoms in total. The Morgan fingerprint density at radius 1 is 1.04 bits per heavy atom. The standard InChI is InChI=1S/C17H29NO3Si2/c1-17-15(12-19-18(17)21-23(5,6)7)13-10-8-9-11-14(13)16(17)20-22(2,3)4/h8-11,15-16H,12H2,1-7H3/t15-,16-,17-/m0/s1. The predicted molar refractivity (Wildman–Crippen MR) is 97.0 cm³/mol. The van der Waals surface area contributed by atoms with Crippen LogP contribution in [0.25, 0.3) is 0 Å². The lowest BCUT2D eigenvalue weighted by atomic mass is 9.87. The summed E-state index contributed by atoms with van der Waals surface area (Å²) in [4.78, 5) is 5.98. The average molecular weight is 352 g/mol. The Hall–Kier alpha value is -0.506. The molecule has 3 rings (SSSR count). The van der Waals surface area contributed by atoms with Crippen LogP contribution in [0.5, 0.6) is 0 Å². The summed E-state index contributed by atoms with van der Waals surface area (Å²) in [5.74, 6) is 0.288. The van der Waals surface area contributed by atoms with Crippen LogP contribution < -0.4 is 0 Å². The van der Waals surface area contributed by atoms with Gasteiger partial charge in [-0.05, 0) is 57.3 Å². The van der Waals surface area contributed by atoms with Crippen LogP contribution in [0.3, 0.4) is 0 Å². The van der Waals surface area contributed by atoms with Crippen LogP contribution >= 0.6 is 0 Å². The number of hydrogen-bond donors (Lipinski definition) is 0. The molecule has 3 atom stereocenters. The second-order valence-corrected chi connectivity index (χ2v) is 17.6. The van der Waals surface area contributed by atoms with Crippen molar-refractivity contribution in [1.82, 2.24) is 5.23 Å². The summed E-state index contributed by atoms with van der Waals surface area (Å²) in [6.45, 7) is 16.2. The number of benzene rings is 1. The monoisotopic (exact) mass is 351 g/mol. The van der Waals surface area contributed by atoms with E-state index in [9.17, 15) is 0 Å². The third-order valence-corrected chi connectivity index (χ3v) is 6.13. The molecule has 1 aromatic carbocycles. The zero-order valence-corrected chi connectivity index (χ0v) is 17.3. The molecule has 1 aromatic rings. The predicted octanol–water partition coefficient (Wildman–Crippen LogP) is 4.45. The molecule has 6 heteroatoms. The van der Waals surface area contributed by atoms with E-state index in [1.807, 2.05) is 0 Å². The summed E-state index contributed by atoms with van der Waals surface area (Å²) < 4.78 is 12.9. The zero-order chi connectivity index (χ0) is 17.0. The fourth-order valence-corrected chi connectivity index (χ4v) is 5.37. The van der Waals surface area contributed by atoms with Crippen LogP contribution in [0, 0.1) is 0 Å². The topological polar surface area (TPSA) is 30.9 Å². The Balaban J connectivity index is 2.03. The Bertz CT molecular complexity index is 596. The van der Waals surface area contributed by atoms with Crippen LogP contribution in [-0.4, -0.2) is 34.0 Å². The molecule has 0 bridgehead atoms. The molecule has 0 unspecified atom stereocenters. The number of hydroxylamine groups is 2. The number of rotatable bonds is 4. The maximum atomic E-state index is 6.64. The van der Waals surface area contributed by atoms with E-state index in [2.05, 4.69) is 70.5 Å². The molecule has 0 aromatic heterocycles. The lowest BCUT2D eigenvalue weighted by molar-refractivity contribution is -0.344. The molecule has 1 aliphatic carbocycles. The van der Waals surface area contributed by atoms with Gasteiger partial charge in [-0.15, -0.1) is 0 Å².